The molecule has 2 aromatic rings. The fourth-order valence-electron chi connectivity index (χ4n) is 2.42. The van der Waals surface area contributed by atoms with Crippen molar-refractivity contribution in [2.75, 3.05) is 19.8 Å². The monoisotopic (exact) mass is 391 g/mol. The first-order valence-electron chi connectivity index (χ1n) is 8.63. The molecule has 0 aromatic heterocycles. The standard InChI is InChI=1S/C20H22ClNO5/c1-2-26-18-12-15(7-10-17(18)27-13-19(23)24)20(25)22-11-3-4-14-5-8-16(21)9-6-14/h5-10,12H,2-4,11,13H2,1H3,(H,22,25)(H,23,24). The van der Waals surface area contributed by atoms with Crippen molar-refractivity contribution in [3.63, 3.8) is 0 Å². The fraction of sp³-hybridized carbons (Fsp3) is 0.300. The molecule has 2 rings (SSSR count). The van der Waals surface area contributed by atoms with Gasteiger partial charge in [0.1, 0.15) is 0 Å². The minimum Gasteiger partial charge on any atom is -0.490 e. The molecule has 27 heavy (non-hydrogen) atoms. The van der Waals surface area contributed by atoms with Crippen molar-refractivity contribution in [2.45, 2.75) is 19.8 Å². The third-order valence-electron chi connectivity index (χ3n) is 3.70. The number of carbonyl (C=O) groups excluding carboxylic acids is 1. The quantitative estimate of drug-likeness (QED) is 0.605. The Kier molecular flexibility index (Phi) is 7.95. The molecular weight excluding hydrogens is 370 g/mol. The number of nitrogens with one attached hydrogen (secondary N) is 1. The Labute approximate surface area is 163 Å². The molecule has 0 fully saturated rings. The summed E-state index contributed by atoms with van der Waals surface area (Å²) in [6, 6.07) is 12.3. The van der Waals surface area contributed by atoms with Gasteiger partial charge in [0.25, 0.3) is 5.91 Å². The second kappa shape index (κ2) is 10.4. The summed E-state index contributed by atoms with van der Waals surface area (Å²) in [5.41, 5.74) is 1.58. The van der Waals surface area contributed by atoms with Gasteiger partial charge in [-0.15, -0.1) is 0 Å². The van der Waals surface area contributed by atoms with Gasteiger partial charge in [-0.3, -0.25) is 4.79 Å². The van der Waals surface area contributed by atoms with Crippen LogP contribution in [0.5, 0.6) is 11.5 Å². The van der Waals surface area contributed by atoms with Crippen LogP contribution in [0.3, 0.4) is 0 Å². The van der Waals surface area contributed by atoms with Gasteiger partial charge in [-0.2, -0.15) is 0 Å². The minimum atomic E-state index is -1.08. The second-order valence-electron chi connectivity index (χ2n) is 5.76. The van der Waals surface area contributed by atoms with Crippen molar-refractivity contribution in [2.24, 2.45) is 0 Å². The van der Waals surface area contributed by atoms with Gasteiger partial charge in [0.15, 0.2) is 18.1 Å². The van der Waals surface area contributed by atoms with Crippen LogP contribution in [0.25, 0.3) is 0 Å². The number of carboxylic acid groups (broad SMARTS) is 1. The maximum absolute atomic E-state index is 12.3. The molecule has 6 nitrogen and oxygen atoms in total. The Balaban J connectivity index is 1.89. The number of carboxylic acids is 1. The van der Waals surface area contributed by atoms with Gasteiger partial charge in [0.2, 0.25) is 0 Å². The molecule has 144 valence electrons. The number of halogens is 1. The molecular formula is C20H22ClNO5. The van der Waals surface area contributed by atoms with E-state index in [1.807, 2.05) is 24.3 Å². The Morgan fingerprint density at radius 1 is 1.07 bits per heavy atom. The Hall–Kier alpha value is -2.73. The summed E-state index contributed by atoms with van der Waals surface area (Å²) >= 11 is 5.86. The van der Waals surface area contributed by atoms with Gasteiger partial charge in [-0.1, -0.05) is 23.7 Å². The first-order chi connectivity index (χ1) is 13.0. The van der Waals surface area contributed by atoms with Crippen LogP contribution in [0.15, 0.2) is 42.5 Å². The highest BCUT2D eigenvalue weighted by molar-refractivity contribution is 6.30. The summed E-state index contributed by atoms with van der Waals surface area (Å²) in [6.45, 7) is 2.22. The SMILES string of the molecule is CCOc1cc(C(=O)NCCCc2ccc(Cl)cc2)ccc1OCC(=O)O. The number of aliphatic carboxylic acids is 1. The minimum absolute atomic E-state index is 0.225. The molecule has 0 heterocycles. The number of amides is 1. The lowest BCUT2D eigenvalue weighted by Crippen LogP contribution is -2.24. The summed E-state index contributed by atoms with van der Waals surface area (Å²) in [5, 5.41) is 12.3. The highest BCUT2D eigenvalue weighted by Crippen LogP contribution is 2.28. The zero-order valence-electron chi connectivity index (χ0n) is 15.0. The number of hydrogen-bond donors (Lipinski definition) is 2. The van der Waals surface area contributed by atoms with E-state index in [1.165, 1.54) is 6.07 Å². The molecule has 7 heteroatoms. The largest absolute Gasteiger partial charge is 0.490 e. The van der Waals surface area contributed by atoms with Crippen LogP contribution in [0.2, 0.25) is 5.02 Å². The zero-order chi connectivity index (χ0) is 19.6. The van der Waals surface area contributed by atoms with E-state index in [0.717, 1.165) is 18.4 Å². The number of hydrogen-bond acceptors (Lipinski definition) is 4. The molecule has 0 aliphatic heterocycles. The molecule has 2 N–H and O–H groups in total. The zero-order valence-corrected chi connectivity index (χ0v) is 15.8. The second-order valence-corrected chi connectivity index (χ2v) is 6.20. The van der Waals surface area contributed by atoms with Crippen LogP contribution < -0.4 is 14.8 Å². The molecule has 0 atom stereocenters. The van der Waals surface area contributed by atoms with Crippen molar-refractivity contribution in [1.82, 2.24) is 5.32 Å². The number of ether oxygens (including phenoxy) is 2. The van der Waals surface area contributed by atoms with Crippen molar-refractivity contribution >= 4 is 23.5 Å². The lowest BCUT2D eigenvalue weighted by atomic mass is 10.1. The molecule has 2 aromatic carbocycles. The average Bonchev–Trinajstić information content (AvgIpc) is 2.65. The van der Waals surface area contributed by atoms with Crippen LogP contribution in [-0.2, 0) is 11.2 Å². The maximum Gasteiger partial charge on any atom is 0.341 e. The first-order valence-corrected chi connectivity index (χ1v) is 9.01. The third kappa shape index (κ3) is 6.83. The van der Waals surface area contributed by atoms with E-state index < -0.39 is 12.6 Å². The topological polar surface area (TPSA) is 84.9 Å². The molecule has 0 unspecified atom stereocenters. The average molecular weight is 392 g/mol. The molecule has 0 radical (unpaired) electrons. The van der Waals surface area contributed by atoms with Crippen molar-refractivity contribution in [3.8, 4) is 11.5 Å². The Morgan fingerprint density at radius 3 is 2.48 bits per heavy atom. The van der Waals surface area contributed by atoms with Gasteiger partial charge >= 0.3 is 5.97 Å². The fourth-order valence-corrected chi connectivity index (χ4v) is 2.55. The van der Waals surface area contributed by atoms with Crippen LogP contribution in [0.4, 0.5) is 0 Å². The summed E-state index contributed by atoms with van der Waals surface area (Å²) in [5.74, 6) is -0.678. The van der Waals surface area contributed by atoms with E-state index in [4.69, 9.17) is 26.2 Å². The first kappa shape index (κ1) is 20.6. The van der Waals surface area contributed by atoms with Crippen LogP contribution in [0.1, 0.15) is 29.3 Å². The van der Waals surface area contributed by atoms with E-state index in [2.05, 4.69) is 5.32 Å². The summed E-state index contributed by atoms with van der Waals surface area (Å²) < 4.78 is 10.6. The molecule has 0 aliphatic rings. The Bertz CT molecular complexity index is 776. The summed E-state index contributed by atoms with van der Waals surface area (Å²) in [7, 11) is 0. The molecule has 0 spiro atoms. The van der Waals surface area contributed by atoms with E-state index in [-0.39, 0.29) is 5.91 Å². The number of carbonyl (C=O) groups is 2. The normalized spacial score (nSPS) is 10.3. The molecule has 1 amide bonds. The Morgan fingerprint density at radius 2 is 1.81 bits per heavy atom. The van der Waals surface area contributed by atoms with Crippen LogP contribution in [-0.4, -0.2) is 36.7 Å². The lowest BCUT2D eigenvalue weighted by molar-refractivity contribution is -0.139. The number of rotatable bonds is 10. The number of aryl methyl sites for hydroxylation is 1. The van der Waals surface area contributed by atoms with Crippen molar-refractivity contribution < 1.29 is 24.2 Å². The van der Waals surface area contributed by atoms with Crippen LogP contribution >= 0.6 is 11.6 Å². The van der Waals surface area contributed by atoms with E-state index >= 15 is 0 Å². The van der Waals surface area contributed by atoms with E-state index in [0.29, 0.717) is 35.2 Å². The van der Waals surface area contributed by atoms with Crippen LogP contribution in [0, 0.1) is 0 Å². The van der Waals surface area contributed by atoms with Gasteiger partial charge in [0.05, 0.1) is 6.61 Å². The highest BCUT2D eigenvalue weighted by Gasteiger charge is 2.12. The van der Waals surface area contributed by atoms with Gasteiger partial charge in [0, 0.05) is 17.1 Å². The van der Waals surface area contributed by atoms with Crippen molar-refractivity contribution in [1.29, 1.82) is 0 Å². The molecule has 0 saturated carbocycles. The predicted octanol–water partition coefficient (Wildman–Crippen LogP) is 3.56. The smallest absolute Gasteiger partial charge is 0.341 e. The molecule has 0 bridgehead atoms. The molecule has 0 aliphatic carbocycles. The number of benzene rings is 2. The lowest BCUT2D eigenvalue weighted by Gasteiger charge is -2.12. The van der Waals surface area contributed by atoms with E-state index in [1.54, 1.807) is 19.1 Å². The summed E-state index contributed by atoms with van der Waals surface area (Å²) in [4.78, 5) is 23.0. The van der Waals surface area contributed by atoms with Crippen molar-refractivity contribution in [3.05, 3.63) is 58.6 Å². The van der Waals surface area contributed by atoms with Gasteiger partial charge < -0.3 is 19.9 Å². The third-order valence-corrected chi connectivity index (χ3v) is 3.95. The molecule has 0 saturated heterocycles. The summed E-state index contributed by atoms with van der Waals surface area (Å²) in [6.07, 6.45) is 1.63. The highest BCUT2D eigenvalue weighted by atomic mass is 35.5. The van der Waals surface area contributed by atoms with Gasteiger partial charge in [-0.25, -0.2) is 4.79 Å². The predicted molar refractivity (Wildman–Crippen MR) is 103 cm³/mol. The maximum atomic E-state index is 12.3. The van der Waals surface area contributed by atoms with E-state index in [9.17, 15) is 9.59 Å². The van der Waals surface area contributed by atoms with Gasteiger partial charge in [-0.05, 0) is 55.7 Å².